The van der Waals surface area contributed by atoms with Crippen molar-refractivity contribution in [1.29, 1.82) is 0 Å². The van der Waals surface area contributed by atoms with Crippen LogP contribution in [0.1, 0.15) is 75.6 Å². The molecule has 1 saturated heterocycles. The Labute approximate surface area is 253 Å². The number of hydrogen-bond donors (Lipinski definition) is 2. The molecule has 1 amide bonds. The number of nitrogens with zero attached hydrogens (tertiary/aromatic N) is 5. The maximum Gasteiger partial charge on any atom is 0.394 e. The van der Waals surface area contributed by atoms with Crippen molar-refractivity contribution in [2.45, 2.75) is 88.0 Å². The SMILES string of the molecule is CC1(C)CCC2CCCCNc3cccc(n3)SNC(=O)c3ccc(-n4ccc(OCCC5(C(F)(F)F)CC5)n4)nc3N21. The van der Waals surface area contributed by atoms with Gasteiger partial charge in [0.05, 0.1) is 17.6 Å². The summed E-state index contributed by atoms with van der Waals surface area (Å²) in [6, 6.07) is 11.0. The number of aromatic nitrogens is 4. The first-order chi connectivity index (χ1) is 20.5. The minimum atomic E-state index is -4.21. The quantitative estimate of drug-likeness (QED) is 0.312. The molecule has 9 nitrogen and oxygen atoms in total. The zero-order valence-corrected chi connectivity index (χ0v) is 25.1. The fourth-order valence-corrected chi connectivity index (χ4v) is 6.66. The number of carbonyl (C=O) groups excluding carboxylic acids is 1. The molecule has 3 aliphatic rings. The van der Waals surface area contributed by atoms with Gasteiger partial charge in [0.25, 0.3) is 5.91 Å². The van der Waals surface area contributed by atoms with Crippen molar-refractivity contribution in [2.75, 3.05) is 23.4 Å². The van der Waals surface area contributed by atoms with Crippen LogP contribution in [-0.4, -0.2) is 56.6 Å². The Morgan fingerprint density at radius 1 is 1.07 bits per heavy atom. The van der Waals surface area contributed by atoms with Gasteiger partial charge in [-0.25, -0.2) is 14.6 Å². The number of fused-ring (bicyclic) bond motifs is 5. The van der Waals surface area contributed by atoms with E-state index in [1.165, 1.54) is 4.68 Å². The molecule has 0 radical (unpaired) electrons. The first kappa shape index (κ1) is 29.6. The zero-order chi connectivity index (χ0) is 30.2. The fourth-order valence-electron chi connectivity index (χ4n) is 6.06. The summed E-state index contributed by atoms with van der Waals surface area (Å²) < 4.78 is 49.9. The zero-order valence-electron chi connectivity index (χ0n) is 24.3. The van der Waals surface area contributed by atoms with Crippen molar-refractivity contribution in [2.24, 2.45) is 5.41 Å². The second-order valence-electron chi connectivity index (χ2n) is 12.2. The number of pyridine rings is 2. The van der Waals surface area contributed by atoms with E-state index < -0.39 is 11.6 Å². The van der Waals surface area contributed by atoms with Crippen molar-refractivity contribution in [1.82, 2.24) is 24.5 Å². The Kier molecular flexibility index (Phi) is 7.95. The van der Waals surface area contributed by atoms with Gasteiger partial charge in [-0.1, -0.05) is 6.07 Å². The van der Waals surface area contributed by atoms with Crippen LogP contribution in [0.5, 0.6) is 5.88 Å². The van der Waals surface area contributed by atoms with E-state index in [4.69, 9.17) is 9.72 Å². The second-order valence-corrected chi connectivity index (χ2v) is 13.0. The Morgan fingerprint density at radius 3 is 2.70 bits per heavy atom. The lowest BCUT2D eigenvalue weighted by Gasteiger charge is -2.38. The molecule has 1 unspecified atom stereocenters. The third-order valence-electron chi connectivity index (χ3n) is 8.77. The molecule has 2 bridgehead atoms. The third kappa shape index (κ3) is 6.27. The summed E-state index contributed by atoms with van der Waals surface area (Å²) in [5.41, 5.74) is -1.40. The molecule has 0 spiro atoms. The van der Waals surface area contributed by atoms with Gasteiger partial charge in [0.15, 0.2) is 5.82 Å². The van der Waals surface area contributed by atoms with E-state index in [1.807, 2.05) is 18.2 Å². The van der Waals surface area contributed by atoms with Gasteiger partial charge < -0.3 is 15.0 Å². The summed E-state index contributed by atoms with van der Waals surface area (Å²) >= 11 is 1.16. The Bertz CT molecular complexity index is 1470. The highest BCUT2D eigenvalue weighted by molar-refractivity contribution is 7.97. The third-order valence-corrected chi connectivity index (χ3v) is 9.49. The van der Waals surface area contributed by atoms with Crippen LogP contribution in [0, 0.1) is 5.41 Å². The molecule has 1 atom stereocenters. The lowest BCUT2D eigenvalue weighted by atomic mass is 10.0. The Morgan fingerprint density at radius 2 is 1.91 bits per heavy atom. The lowest BCUT2D eigenvalue weighted by Crippen LogP contribution is -2.45. The number of ether oxygens (including phenoxy) is 1. The number of halogens is 3. The first-order valence-electron chi connectivity index (χ1n) is 14.8. The van der Waals surface area contributed by atoms with Crippen LogP contribution in [0.4, 0.5) is 24.8 Å². The van der Waals surface area contributed by atoms with Gasteiger partial charge in [-0.05, 0) is 89.5 Å². The molecule has 0 aromatic carbocycles. The summed E-state index contributed by atoms with van der Waals surface area (Å²) in [6.45, 7) is 5.10. The maximum atomic E-state index is 13.6. The van der Waals surface area contributed by atoms with Crippen molar-refractivity contribution < 1.29 is 22.7 Å². The topological polar surface area (TPSA) is 97.2 Å². The molecule has 1 aliphatic carbocycles. The monoisotopic (exact) mass is 615 g/mol. The second kappa shape index (κ2) is 11.5. The average molecular weight is 616 g/mol. The number of nitrogens with one attached hydrogen (secondary N) is 2. The van der Waals surface area contributed by atoms with Gasteiger partial charge in [-0.15, -0.1) is 5.10 Å². The molecule has 1 saturated carbocycles. The standard InChI is InChI=1S/C30H36F3N7O2S/c1-28(2)13-11-20-6-3-4-17-34-22-7-5-8-25(35-22)43-38-27(41)21-9-10-23(36-26(21)40(20)28)39-18-12-24(37-39)42-19-16-29(14-15-29)30(31,32)33/h5,7-10,12,18,20H,3-4,6,11,13-17,19H2,1-2H3,(H,34,35)(H,38,41). The van der Waals surface area contributed by atoms with Crippen molar-refractivity contribution in [3.63, 3.8) is 0 Å². The van der Waals surface area contributed by atoms with Crippen molar-refractivity contribution in [3.8, 4) is 11.7 Å². The molecule has 2 N–H and O–H groups in total. The summed E-state index contributed by atoms with van der Waals surface area (Å²) in [5, 5.41) is 8.49. The van der Waals surface area contributed by atoms with Crippen LogP contribution >= 0.6 is 11.9 Å². The summed E-state index contributed by atoms with van der Waals surface area (Å²) in [4.78, 5) is 25.5. The number of rotatable bonds is 5. The van der Waals surface area contributed by atoms with E-state index in [-0.39, 0.29) is 49.2 Å². The van der Waals surface area contributed by atoms with Gasteiger partial charge in [0.1, 0.15) is 16.7 Å². The Hall–Kier alpha value is -3.48. The van der Waals surface area contributed by atoms with Crippen molar-refractivity contribution >= 4 is 29.5 Å². The number of anilines is 2. The summed E-state index contributed by atoms with van der Waals surface area (Å²) in [6.07, 6.45) is 2.57. The predicted octanol–water partition coefficient (Wildman–Crippen LogP) is 6.55. The molecule has 6 rings (SSSR count). The molecule has 2 aliphatic heterocycles. The molecular weight excluding hydrogens is 579 g/mol. The molecule has 13 heteroatoms. The summed E-state index contributed by atoms with van der Waals surface area (Å²) in [5.74, 6) is 1.79. The van der Waals surface area contributed by atoms with Gasteiger partial charge in [-0.2, -0.15) is 13.2 Å². The number of amides is 1. The molecule has 3 aromatic heterocycles. The highest BCUT2D eigenvalue weighted by atomic mass is 32.2. The maximum absolute atomic E-state index is 13.6. The van der Waals surface area contributed by atoms with E-state index >= 15 is 0 Å². The van der Waals surface area contributed by atoms with Crippen LogP contribution in [0.25, 0.3) is 5.82 Å². The van der Waals surface area contributed by atoms with E-state index in [0.29, 0.717) is 22.2 Å². The van der Waals surface area contributed by atoms with Crippen LogP contribution in [0.3, 0.4) is 0 Å². The van der Waals surface area contributed by atoms with Crippen molar-refractivity contribution in [3.05, 3.63) is 48.2 Å². The van der Waals surface area contributed by atoms with Crippen LogP contribution in [-0.2, 0) is 0 Å². The molecular formula is C30H36F3N7O2S. The smallest absolute Gasteiger partial charge is 0.394 e. The highest BCUT2D eigenvalue weighted by Crippen LogP contribution is 2.59. The number of hydrogen-bond acceptors (Lipinski definition) is 8. The van der Waals surface area contributed by atoms with E-state index in [1.54, 1.807) is 24.4 Å². The minimum Gasteiger partial charge on any atom is -0.477 e. The van der Waals surface area contributed by atoms with Crippen LogP contribution < -0.4 is 19.7 Å². The largest absolute Gasteiger partial charge is 0.477 e. The van der Waals surface area contributed by atoms with E-state index in [0.717, 1.165) is 56.4 Å². The fraction of sp³-hybridized carbons (Fsp3) is 0.533. The van der Waals surface area contributed by atoms with Gasteiger partial charge in [-0.3, -0.25) is 9.52 Å². The lowest BCUT2D eigenvalue weighted by molar-refractivity contribution is -0.190. The molecule has 230 valence electrons. The molecule has 2 fully saturated rings. The van der Waals surface area contributed by atoms with Gasteiger partial charge in [0.2, 0.25) is 5.88 Å². The minimum absolute atomic E-state index is 0.0666. The molecule has 3 aromatic rings. The average Bonchev–Trinajstić information content (AvgIpc) is 3.52. The molecule has 5 heterocycles. The van der Waals surface area contributed by atoms with Crippen LogP contribution in [0.2, 0.25) is 0 Å². The first-order valence-corrected chi connectivity index (χ1v) is 15.6. The number of carbonyl (C=O) groups is 1. The van der Waals surface area contributed by atoms with Gasteiger partial charge in [0, 0.05) is 42.3 Å². The normalized spacial score (nSPS) is 21.5. The van der Waals surface area contributed by atoms with E-state index in [9.17, 15) is 18.0 Å². The molecule has 43 heavy (non-hydrogen) atoms. The number of alkyl halides is 3. The van der Waals surface area contributed by atoms with Crippen LogP contribution in [0.15, 0.2) is 47.6 Å². The highest BCUT2D eigenvalue weighted by Gasteiger charge is 2.62. The predicted molar refractivity (Wildman–Crippen MR) is 159 cm³/mol. The summed E-state index contributed by atoms with van der Waals surface area (Å²) in [7, 11) is 0. The van der Waals surface area contributed by atoms with E-state index in [2.05, 4.69) is 38.9 Å². The Balaban J connectivity index is 1.27. The van der Waals surface area contributed by atoms with Gasteiger partial charge >= 0.3 is 6.18 Å².